The number of rotatable bonds is 9. The molecule has 5 rings (SSSR count). The van der Waals surface area contributed by atoms with E-state index in [0.29, 0.717) is 40.7 Å². The lowest BCUT2D eigenvalue weighted by Crippen LogP contribution is -2.45. The van der Waals surface area contributed by atoms with Gasteiger partial charge in [-0.15, -0.1) is 5.10 Å². The number of ether oxygens (including phenoxy) is 2. The highest BCUT2D eigenvalue weighted by atomic mass is 16.7. The third-order valence-electron chi connectivity index (χ3n) is 6.25. The molecule has 1 aliphatic rings. The van der Waals surface area contributed by atoms with Crippen LogP contribution >= 0.6 is 0 Å². The Hall–Kier alpha value is -4.40. The Morgan fingerprint density at radius 2 is 1.76 bits per heavy atom. The number of carbonyl (C=O) groups is 2. The van der Waals surface area contributed by atoms with Gasteiger partial charge in [0.1, 0.15) is 18.1 Å². The van der Waals surface area contributed by atoms with Gasteiger partial charge in [0, 0.05) is 18.3 Å². The molecule has 190 valence electrons. The van der Waals surface area contributed by atoms with Crippen molar-refractivity contribution in [2.24, 2.45) is 5.92 Å². The third kappa shape index (κ3) is 5.25. The summed E-state index contributed by atoms with van der Waals surface area (Å²) in [5, 5.41) is 11.4. The van der Waals surface area contributed by atoms with E-state index >= 15 is 0 Å². The summed E-state index contributed by atoms with van der Waals surface area (Å²) in [6, 6.07) is 21.1. The van der Waals surface area contributed by atoms with Gasteiger partial charge in [0.2, 0.25) is 18.6 Å². The number of hydrogen-bond acceptors (Lipinski definition) is 6. The van der Waals surface area contributed by atoms with E-state index < -0.39 is 6.04 Å². The Bertz CT molecular complexity index is 1400. The fourth-order valence-electron chi connectivity index (χ4n) is 4.34. The fourth-order valence-corrected chi connectivity index (χ4v) is 4.34. The van der Waals surface area contributed by atoms with Crippen LogP contribution in [0.25, 0.3) is 11.0 Å². The second-order valence-corrected chi connectivity index (χ2v) is 9.32. The summed E-state index contributed by atoms with van der Waals surface area (Å²) in [7, 11) is 0. The van der Waals surface area contributed by atoms with Crippen LogP contribution in [-0.4, -0.2) is 40.1 Å². The lowest BCUT2D eigenvalue weighted by molar-refractivity contribution is -0.127. The SMILES string of the molecule is CC(C)CCNC(=O)[C@H](c1ccccc1)N(C(=O)Cn1nnc2ccccc21)c1ccc2c(c1)OCO2. The highest BCUT2D eigenvalue weighted by Crippen LogP contribution is 2.38. The quantitative estimate of drug-likeness (QED) is 0.372. The van der Waals surface area contributed by atoms with Crippen molar-refractivity contribution in [3.05, 3.63) is 78.4 Å². The number of para-hydroxylation sites is 1. The molecule has 1 aromatic heterocycles. The van der Waals surface area contributed by atoms with E-state index in [9.17, 15) is 9.59 Å². The van der Waals surface area contributed by atoms with Crippen LogP contribution in [0.2, 0.25) is 0 Å². The molecule has 0 saturated heterocycles. The van der Waals surface area contributed by atoms with Crippen molar-refractivity contribution in [1.82, 2.24) is 20.3 Å². The standard InChI is InChI=1S/C28H29N5O4/c1-19(2)14-15-29-28(35)27(20-8-4-3-5-9-20)33(21-12-13-24-25(16-21)37-18-36-24)26(34)17-32-23-11-7-6-10-22(23)30-31-32/h3-13,16,19,27H,14-15,17-18H2,1-2H3,(H,29,35)/t27-/m0/s1. The van der Waals surface area contributed by atoms with Crippen molar-refractivity contribution in [3.63, 3.8) is 0 Å². The van der Waals surface area contributed by atoms with Crippen molar-refractivity contribution in [3.8, 4) is 11.5 Å². The molecule has 0 radical (unpaired) electrons. The second kappa shape index (κ2) is 10.7. The van der Waals surface area contributed by atoms with Crippen molar-refractivity contribution in [2.45, 2.75) is 32.9 Å². The van der Waals surface area contributed by atoms with Crippen molar-refractivity contribution in [1.29, 1.82) is 0 Å². The first-order chi connectivity index (χ1) is 18.0. The lowest BCUT2D eigenvalue weighted by Gasteiger charge is -2.31. The minimum absolute atomic E-state index is 0.0996. The Morgan fingerprint density at radius 1 is 1.00 bits per heavy atom. The molecular weight excluding hydrogens is 470 g/mol. The van der Waals surface area contributed by atoms with Crippen LogP contribution in [0.4, 0.5) is 5.69 Å². The van der Waals surface area contributed by atoms with E-state index in [2.05, 4.69) is 29.5 Å². The molecule has 9 heteroatoms. The fraction of sp³-hybridized carbons (Fsp3) is 0.286. The summed E-state index contributed by atoms with van der Waals surface area (Å²) in [5.74, 6) is 0.968. The average molecular weight is 500 g/mol. The number of benzene rings is 3. The van der Waals surface area contributed by atoms with E-state index in [1.165, 1.54) is 4.90 Å². The zero-order valence-corrected chi connectivity index (χ0v) is 20.8. The molecule has 0 bridgehead atoms. The number of hydrogen-bond donors (Lipinski definition) is 1. The number of amides is 2. The van der Waals surface area contributed by atoms with Crippen molar-refractivity contribution < 1.29 is 19.1 Å². The minimum Gasteiger partial charge on any atom is -0.454 e. The van der Waals surface area contributed by atoms with Gasteiger partial charge in [-0.25, -0.2) is 4.68 Å². The van der Waals surface area contributed by atoms with E-state index in [1.807, 2.05) is 54.6 Å². The van der Waals surface area contributed by atoms with E-state index in [1.54, 1.807) is 22.9 Å². The maximum Gasteiger partial charge on any atom is 0.249 e. The van der Waals surface area contributed by atoms with Gasteiger partial charge in [-0.3, -0.25) is 14.5 Å². The van der Waals surface area contributed by atoms with Crippen molar-refractivity contribution >= 4 is 28.5 Å². The van der Waals surface area contributed by atoms with E-state index in [-0.39, 0.29) is 25.2 Å². The maximum absolute atomic E-state index is 14.0. The summed E-state index contributed by atoms with van der Waals surface area (Å²) < 4.78 is 12.6. The first-order valence-electron chi connectivity index (χ1n) is 12.3. The summed E-state index contributed by atoms with van der Waals surface area (Å²) in [5.41, 5.74) is 2.64. The Kier molecular flexibility index (Phi) is 7.02. The molecule has 0 unspecified atom stereocenters. The molecule has 1 atom stereocenters. The molecule has 2 amide bonds. The number of anilines is 1. The summed E-state index contributed by atoms with van der Waals surface area (Å²) in [4.78, 5) is 29.3. The van der Waals surface area contributed by atoms with Gasteiger partial charge in [0.25, 0.3) is 0 Å². The van der Waals surface area contributed by atoms with Gasteiger partial charge in [0.05, 0.1) is 5.52 Å². The van der Waals surface area contributed by atoms with E-state index in [0.717, 1.165) is 11.9 Å². The molecule has 4 aromatic rings. The number of fused-ring (bicyclic) bond motifs is 2. The predicted octanol–water partition coefficient (Wildman–Crippen LogP) is 4.10. The largest absolute Gasteiger partial charge is 0.454 e. The molecule has 0 fully saturated rings. The van der Waals surface area contributed by atoms with Gasteiger partial charge in [0.15, 0.2) is 11.5 Å². The minimum atomic E-state index is -0.906. The first-order valence-corrected chi connectivity index (χ1v) is 12.3. The smallest absolute Gasteiger partial charge is 0.249 e. The molecule has 0 aliphatic carbocycles. The first kappa shape index (κ1) is 24.3. The number of nitrogens with one attached hydrogen (secondary N) is 1. The zero-order valence-electron chi connectivity index (χ0n) is 20.8. The molecular formula is C28H29N5O4. The Labute approximate surface area is 215 Å². The molecule has 9 nitrogen and oxygen atoms in total. The Morgan fingerprint density at radius 3 is 2.57 bits per heavy atom. The normalized spacial score (nSPS) is 13.1. The maximum atomic E-state index is 14.0. The molecule has 0 saturated carbocycles. The molecule has 1 N–H and O–H groups in total. The molecule has 2 heterocycles. The number of carbonyl (C=O) groups excluding carboxylic acids is 2. The number of aromatic nitrogens is 3. The number of nitrogens with zero attached hydrogens (tertiary/aromatic N) is 4. The van der Waals surface area contributed by atoms with Crippen LogP contribution in [0.15, 0.2) is 72.8 Å². The average Bonchev–Trinajstić information content (AvgIpc) is 3.54. The summed E-state index contributed by atoms with van der Waals surface area (Å²) >= 11 is 0. The second-order valence-electron chi connectivity index (χ2n) is 9.32. The predicted molar refractivity (Wildman–Crippen MR) is 139 cm³/mol. The highest BCUT2D eigenvalue weighted by Gasteiger charge is 2.34. The van der Waals surface area contributed by atoms with Crippen LogP contribution in [-0.2, 0) is 16.1 Å². The van der Waals surface area contributed by atoms with Crippen LogP contribution in [0.3, 0.4) is 0 Å². The molecule has 0 spiro atoms. The van der Waals surface area contributed by atoms with Crippen LogP contribution in [0.1, 0.15) is 31.9 Å². The van der Waals surface area contributed by atoms with Crippen molar-refractivity contribution in [2.75, 3.05) is 18.2 Å². The van der Waals surface area contributed by atoms with Gasteiger partial charge in [-0.2, -0.15) is 0 Å². The zero-order chi connectivity index (χ0) is 25.8. The summed E-state index contributed by atoms with van der Waals surface area (Å²) in [6.45, 7) is 4.72. The van der Waals surface area contributed by atoms with E-state index in [4.69, 9.17) is 9.47 Å². The summed E-state index contributed by atoms with van der Waals surface area (Å²) in [6.07, 6.45) is 0.830. The van der Waals surface area contributed by atoms with Crippen LogP contribution in [0.5, 0.6) is 11.5 Å². The lowest BCUT2D eigenvalue weighted by atomic mass is 10.0. The third-order valence-corrected chi connectivity index (χ3v) is 6.25. The van der Waals surface area contributed by atoms with Crippen LogP contribution < -0.4 is 19.7 Å². The monoisotopic (exact) mass is 499 g/mol. The van der Waals surface area contributed by atoms with Gasteiger partial charge in [-0.1, -0.05) is 61.5 Å². The van der Waals surface area contributed by atoms with Crippen LogP contribution in [0, 0.1) is 5.92 Å². The van der Waals surface area contributed by atoms with Gasteiger partial charge >= 0.3 is 0 Å². The van der Waals surface area contributed by atoms with Gasteiger partial charge < -0.3 is 14.8 Å². The molecule has 3 aromatic carbocycles. The molecule has 1 aliphatic heterocycles. The Balaban J connectivity index is 1.55. The highest BCUT2D eigenvalue weighted by molar-refractivity contribution is 6.01. The van der Waals surface area contributed by atoms with Gasteiger partial charge in [-0.05, 0) is 42.2 Å². The molecule has 37 heavy (non-hydrogen) atoms. The topological polar surface area (TPSA) is 98.6 Å².